The van der Waals surface area contributed by atoms with Crippen LogP contribution in [-0.4, -0.2) is 86.0 Å². The van der Waals surface area contributed by atoms with Gasteiger partial charge in [-0.05, 0) is 38.6 Å². The highest BCUT2D eigenvalue weighted by molar-refractivity contribution is 5.75. The molecule has 0 saturated carbocycles. The van der Waals surface area contributed by atoms with Crippen LogP contribution in [0.25, 0.3) is 0 Å². The topological polar surface area (TPSA) is 160 Å². The standard InChI is InChI=1S/C27H51NO8/c1-2-3-4-5-6-7-8-9-10-11-12-13-14-15-16-17-18-28-23-21(30)19-27(35,26(33)34)36-25(23)24(32)22(31)20-29/h9-10,21-25,28-32,35H,2-8,11-20H2,1H3,(H,33,34)/t21-,22+,23+,24+,25+,27-/m0/s1. The zero-order valence-corrected chi connectivity index (χ0v) is 22.1. The summed E-state index contributed by atoms with van der Waals surface area (Å²) in [5.74, 6) is -4.37. The van der Waals surface area contributed by atoms with Crippen LogP contribution >= 0.6 is 0 Å². The second-order valence-electron chi connectivity index (χ2n) is 10.1. The van der Waals surface area contributed by atoms with E-state index >= 15 is 0 Å². The van der Waals surface area contributed by atoms with Crippen molar-refractivity contribution in [1.82, 2.24) is 5.32 Å². The summed E-state index contributed by atoms with van der Waals surface area (Å²) in [6.45, 7) is 1.96. The summed E-state index contributed by atoms with van der Waals surface area (Å²) < 4.78 is 5.19. The molecule has 0 aromatic rings. The van der Waals surface area contributed by atoms with Gasteiger partial charge in [-0.2, -0.15) is 0 Å². The Balaban J connectivity index is 2.21. The van der Waals surface area contributed by atoms with E-state index in [0.717, 1.165) is 32.1 Å². The van der Waals surface area contributed by atoms with E-state index < -0.39 is 55.2 Å². The van der Waals surface area contributed by atoms with Crippen molar-refractivity contribution in [2.75, 3.05) is 13.2 Å². The van der Waals surface area contributed by atoms with Gasteiger partial charge in [0, 0.05) is 6.42 Å². The molecule has 1 rings (SSSR count). The first-order valence-electron chi connectivity index (χ1n) is 13.9. The SMILES string of the molecule is CCCCCCCCC=CCCCCCCCCN[C@H]1[C@H]([C@H](O)[C@H](O)CO)O[C@](O)(C(=O)O)C[C@@H]1O. The lowest BCUT2D eigenvalue weighted by Gasteiger charge is -2.45. The van der Waals surface area contributed by atoms with Crippen LogP contribution in [0.4, 0.5) is 0 Å². The molecule has 1 aliphatic heterocycles. The fraction of sp³-hybridized carbons (Fsp3) is 0.889. The van der Waals surface area contributed by atoms with E-state index in [1.807, 2.05) is 0 Å². The molecule has 1 fully saturated rings. The quantitative estimate of drug-likeness (QED) is 0.0897. The monoisotopic (exact) mass is 517 g/mol. The highest BCUT2D eigenvalue weighted by Crippen LogP contribution is 2.30. The van der Waals surface area contributed by atoms with Crippen LogP contribution in [-0.2, 0) is 9.53 Å². The summed E-state index contributed by atoms with van der Waals surface area (Å²) in [5, 5.41) is 62.1. The van der Waals surface area contributed by atoms with Gasteiger partial charge in [-0.25, -0.2) is 4.79 Å². The van der Waals surface area contributed by atoms with Crippen molar-refractivity contribution in [3.8, 4) is 0 Å². The number of nitrogens with one attached hydrogen (secondary N) is 1. The molecule has 9 nitrogen and oxygen atoms in total. The molecule has 1 aliphatic rings. The van der Waals surface area contributed by atoms with Crippen molar-refractivity contribution in [2.45, 2.75) is 139 Å². The van der Waals surface area contributed by atoms with Crippen molar-refractivity contribution < 1.29 is 40.2 Å². The minimum atomic E-state index is -2.68. The largest absolute Gasteiger partial charge is 0.477 e. The molecule has 6 atom stereocenters. The normalized spacial score (nSPS) is 26.3. The molecule has 0 aromatic heterocycles. The van der Waals surface area contributed by atoms with Gasteiger partial charge >= 0.3 is 5.97 Å². The molecule has 7 N–H and O–H groups in total. The number of aliphatic carboxylic acids is 1. The molecule has 212 valence electrons. The number of hydrogen-bond donors (Lipinski definition) is 7. The maximum atomic E-state index is 11.4. The van der Waals surface area contributed by atoms with E-state index in [-0.39, 0.29) is 0 Å². The van der Waals surface area contributed by atoms with Gasteiger partial charge in [-0.15, -0.1) is 0 Å². The maximum Gasteiger partial charge on any atom is 0.364 e. The van der Waals surface area contributed by atoms with Crippen LogP contribution in [0.1, 0.15) is 103 Å². The van der Waals surface area contributed by atoms with Gasteiger partial charge in [0.2, 0.25) is 0 Å². The Morgan fingerprint density at radius 3 is 2.03 bits per heavy atom. The predicted octanol–water partition coefficient (Wildman–Crippen LogP) is 2.62. The summed E-state index contributed by atoms with van der Waals surface area (Å²) in [7, 11) is 0. The average molecular weight is 518 g/mol. The first kappa shape index (κ1) is 33.0. The van der Waals surface area contributed by atoms with Crippen LogP contribution in [0.5, 0.6) is 0 Å². The number of aliphatic hydroxyl groups excluding tert-OH is 4. The van der Waals surface area contributed by atoms with Crippen LogP contribution < -0.4 is 5.32 Å². The smallest absolute Gasteiger partial charge is 0.364 e. The fourth-order valence-corrected chi connectivity index (χ4v) is 4.62. The molecule has 0 aliphatic carbocycles. The van der Waals surface area contributed by atoms with Gasteiger partial charge in [0.15, 0.2) is 0 Å². The molecule has 0 radical (unpaired) electrons. The van der Waals surface area contributed by atoms with Crippen LogP contribution in [0.15, 0.2) is 12.2 Å². The summed E-state index contributed by atoms with van der Waals surface area (Å²) in [4.78, 5) is 11.4. The molecule has 36 heavy (non-hydrogen) atoms. The third kappa shape index (κ3) is 12.4. The molecular weight excluding hydrogens is 466 g/mol. The Kier molecular flexibility index (Phi) is 17.5. The van der Waals surface area contributed by atoms with Crippen LogP contribution in [0.3, 0.4) is 0 Å². The van der Waals surface area contributed by atoms with Gasteiger partial charge in [0.1, 0.15) is 18.3 Å². The Morgan fingerprint density at radius 2 is 1.50 bits per heavy atom. The van der Waals surface area contributed by atoms with E-state index in [0.29, 0.717) is 6.54 Å². The number of ether oxygens (including phenoxy) is 1. The van der Waals surface area contributed by atoms with Gasteiger partial charge in [-0.1, -0.05) is 76.9 Å². The minimum absolute atomic E-state index is 0.496. The third-order valence-corrected chi connectivity index (χ3v) is 6.91. The first-order valence-corrected chi connectivity index (χ1v) is 13.9. The fourth-order valence-electron chi connectivity index (χ4n) is 4.62. The van der Waals surface area contributed by atoms with Crippen LogP contribution in [0, 0.1) is 0 Å². The maximum absolute atomic E-state index is 11.4. The van der Waals surface area contributed by atoms with Gasteiger partial charge in [0.25, 0.3) is 5.79 Å². The second kappa shape index (κ2) is 19.1. The number of hydrogen-bond acceptors (Lipinski definition) is 8. The average Bonchev–Trinajstić information content (AvgIpc) is 2.85. The number of allylic oxidation sites excluding steroid dienone is 2. The van der Waals surface area contributed by atoms with E-state index in [4.69, 9.17) is 9.84 Å². The number of carboxylic acids is 1. The Bertz CT molecular complexity index is 604. The second-order valence-corrected chi connectivity index (χ2v) is 10.1. The van der Waals surface area contributed by atoms with Crippen molar-refractivity contribution in [3.63, 3.8) is 0 Å². The number of carboxylic acid groups (broad SMARTS) is 1. The van der Waals surface area contributed by atoms with Crippen molar-refractivity contribution in [2.24, 2.45) is 0 Å². The van der Waals surface area contributed by atoms with E-state index in [1.54, 1.807) is 0 Å². The summed E-state index contributed by atoms with van der Waals surface area (Å²) >= 11 is 0. The van der Waals surface area contributed by atoms with E-state index in [1.165, 1.54) is 57.8 Å². The van der Waals surface area contributed by atoms with Crippen molar-refractivity contribution in [1.29, 1.82) is 0 Å². The lowest BCUT2D eigenvalue weighted by Crippen LogP contribution is -2.66. The summed E-state index contributed by atoms with van der Waals surface area (Å²) in [6.07, 6.45) is 14.7. The van der Waals surface area contributed by atoms with Crippen molar-refractivity contribution >= 4 is 5.97 Å². The lowest BCUT2D eigenvalue weighted by atomic mass is 9.88. The van der Waals surface area contributed by atoms with E-state index in [9.17, 15) is 30.3 Å². The third-order valence-electron chi connectivity index (χ3n) is 6.91. The zero-order valence-electron chi connectivity index (χ0n) is 22.1. The molecule has 1 saturated heterocycles. The van der Waals surface area contributed by atoms with Crippen molar-refractivity contribution in [3.05, 3.63) is 12.2 Å². The highest BCUT2D eigenvalue weighted by Gasteiger charge is 2.53. The summed E-state index contributed by atoms with van der Waals surface area (Å²) in [5.41, 5.74) is 0. The Hall–Kier alpha value is -1.07. The van der Waals surface area contributed by atoms with Gasteiger partial charge < -0.3 is 40.7 Å². The highest BCUT2D eigenvalue weighted by atomic mass is 16.7. The molecule has 0 spiro atoms. The predicted molar refractivity (Wildman–Crippen MR) is 138 cm³/mol. The number of unbranched alkanes of at least 4 members (excludes halogenated alkanes) is 12. The lowest BCUT2D eigenvalue weighted by molar-refractivity contribution is -0.295. The molecular formula is C27H51NO8. The number of rotatable bonds is 21. The summed E-state index contributed by atoms with van der Waals surface area (Å²) in [6, 6.07) is -0.899. The zero-order chi connectivity index (χ0) is 26.8. The molecule has 9 heteroatoms. The molecule has 0 unspecified atom stereocenters. The molecule has 1 heterocycles. The van der Waals surface area contributed by atoms with Crippen LogP contribution in [0.2, 0.25) is 0 Å². The number of carbonyl (C=O) groups is 1. The molecule has 0 amide bonds. The van der Waals surface area contributed by atoms with E-state index in [2.05, 4.69) is 24.4 Å². The van der Waals surface area contributed by atoms with Gasteiger partial charge in [0.05, 0.1) is 18.8 Å². The minimum Gasteiger partial charge on any atom is -0.477 e. The molecule has 0 aromatic carbocycles. The number of aliphatic hydroxyl groups is 5. The molecule has 0 bridgehead atoms. The van der Waals surface area contributed by atoms with Gasteiger partial charge in [-0.3, -0.25) is 0 Å². The first-order chi connectivity index (χ1) is 17.3. The Morgan fingerprint density at radius 1 is 0.972 bits per heavy atom. The Labute approximate surface area is 216 Å².